The Balaban J connectivity index is 3.00. The van der Waals surface area contributed by atoms with Crippen molar-refractivity contribution in [1.29, 1.82) is 0 Å². The maximum Gasteiger partial charge on any atom is 0.330 e. The van der Waals surface area contributed by atoms with Gasteiger partial charge in [-0.25, -0.2) is 4.79 Å². The standard InChI is InChI=1S/C10H12N2O2/c1-7(6-9(13)14-3)10-8(2)11-4-5-12-10/h4-6H,1-3H3/b7-6-. The molecule has 0 N–H and O–H groups in total. The van der Waals surface area contributed by atoms with Crippen LogP contribution < -0.4 is 0 Å². The Morgan fingerprint density at radius 1 is 1.43 bits per heavy atom. The van der Waals surface area contributed by atoms with Gasteiger partial charge in [0.05, 0.1) is 18.5 Å². The van der Waals surface area contributed by atoms with Gasteiger partial charge in [0.15, 0.2) is 0 Å². The summed E-state index contributed by atoms with van der Waals surface area (Å²) in [6.45, 7) is 3.64. The van der Waals surface area contributed by atoms with Gasteiger partial charge < -0.3 is 4.74 Å². The number of methoxy groups -OCH3 is 1. The summed E-state index contributed by atoms with van der Waals surface area (Å²) in [5, 5.41) is 0. The van der Waals surface area contributed by atoms with Gasteiger partial charge in [0.2, 0.25) is 0 Å². The minimum Gasteiger partial charge on any atom is -0.466 e. The maximum atomic E-state index is 11.0. The quantitative estimate of drug-likeness (QED) is 0.524. The SMILES string of the molecule is COC(=O)/C=C(/C)c1nccnc1C. The van der Waals surface area contributed by atoms with Crippen LogP contribution in [0.5, 0.6) is 0 Å². The van der Waals surface area contributed by atoms with E-state index in [0.717, 1.165) is 17.0 Å². The Bertz CT molecular complexity index is 372. The van der Waals surface area contributed by atoms with Crippen molar-refractivity contribution in [3.05, 3.63) is 29.9 Å². The Hall–Kier alpha value is -1.71. The van der Waals surface area contributed by atoms with Crippen LogP contribution in [0, 0.1) is 6.92 Å². The molecule has 0 atom stereocenters. The third-order valence-corrected chi connectivity index (χ3v) is 1.79. The van der Waals surface area contributed by atoms with Crippen LogP contribution in [-0.2, 0) is 9.53 Å². The summed E-state index contributed by atoms with van der Waals surface area (Å²) in [5.41, 5.74) is 2.27. The van der Waals surface area contributed by atoms with Gasteiger partial charge in [-0.15, -0.1) is 0 Å². The van der Waals surface area contributed by atoms with Crippen LogP contribution in [0.1, 0.15) is 18.3 Å². The molecule has 0 amide bonds. The van der Waals surface area contributed by atoms with E-state index in [0.29, 0.717) is 0 Å². The molecule has 0 fully saturated rings. The molecule has 14 heavy (non-hydrogen) atoms. The number of carbonyl (C=O) groups excluding carboxylic acids is 1. The fourth-order valence-corrected chi connectivity index (χ4v) is 1.10. The van der Waals surface area contributed by atoms with Crippen molar-refractivity contribution in [1.82, 2.24) is 9.97 Å². The number of aryl methyl sites for hydroxylation is 1. The van der Waals surface area contributed by atoms with Crippen LogP contribution in [0.15, 0.2) is 18.5 Å². The topological polar surface area (TPSA) is 52.1 Å². The third kappa shape index (κ3) is 2.39. The van der Waals surface area contributed by atoms with Gasteiger partial charge in [-0.3, -0.25) is 9.97 Å². The summed E-state index contributed by atoms with van der Waals surface area (Å²) in [5.74, 6) is -0.382. The van der Waals surface area contributed by atoms with Crippen molar-refractivity contribution < 1.29 is 9.53 Å². The fourth-order valence-electron chi connectivity index (χ4n) is 1.10. The van der Waals surface area contributed by atoms with Crippen molar-refractivity contribution in [2.75, 3.05) is 7.11 Å². The summed E-state index contributed by atoms with van der Waals surface area (Å²) in [6, 6.07) is 0. The molecule has 4 heteroatoms. The molecular weight excluding hydrogens is 180 g/mol. The second-order valence-electron chi connectivity index (χ2n) is 2.84. The number of esters is 1. The number of allylic oxidation sites excluding steroid dienone is 1. The van der Waals surface area contributed by atoms with Crippen LogP contribution in [0.25, 0.3) is 5.57 Å². The van der Waals surface area contributed by atoms with Crippen LogP contribution in [-0.4, -0.2) is 23.0 Å². The first-order valence-electron chi connectivity index (χ1n) is 4.19. The zero-order chi connectivity index (χ0) is 10.6. The van der Waals surface area contributed by atoms with E-state index in [-0.39, 0.29) is 5.97 Å². The lowest BCUT2D eigenvalue weighted by molar-refractivity contribution is -0.134. The molecule has 0 radical (unpaired) electrons. The minimum atomic E-state index is -0.382. The summed E-state index contributed by atoms with van der Waals surface area (Å²) in [6.07, 6.45) is 4.61. The van der Waals surface area contributed by atoms with E-state index in [9.17, 15) is 4.79 Å². The van der Waals surface area contributed by atoms with E-state index in [2.05, 4.69) is 14.7 Å². The Labute approximate surface area is 82.6 Å². The van der Waals surface area contributed by atoms with Crippen LogP contribution in [0.4, 0.5) is 0 Å². The van der Waals surface area contributed by atoms with Crippen molar-refractivity contribution in [2.45, 2.75) is 13.8 Å². The highest BCUT2D eigenvalue weighted by Gasteiger charge is 2.04. The molecule has 0 aromatic carbocycles. The fraction of sp³-hybridized carbons (Fsp3) is 0.300. The highest BCUT2D eigenvalue weighted by Crippen LogP contribution is 2.12. The number of hydrogen-bond acceptors (Lipinski definition) is 4. The molecule has 1 rings (SSSR count). The maximum absolute atomic E-state index is 11.0. The predicted octanol–water partition coefficient (Wildman–Crippen LogP) is 1.36. The summed E-state index contributed by atoms with van der Waals surface area (Å²) < 4.78 is 4.52. The van der Waals surface area contributed by atoms with E-state index in [1.54, 1.807) is 19.3 Å². The molecule has 0 aliphatic rings. The van der Waals surface area contributed by atoms with Crippen molar-refractivity contribution in [2.24, 2.45) is 0 Å². The normalized spacial score (nSPS) is 11.2. The Kier molecular flexibility index (Phi) is 3.34. The first-order valence-corrected chi connectivity index (χ1v) is 4.19. The summed E-state index contributed by atoms with van der Waals surface area (Å²) >= 11 is 0. The molecule has 1 aromatic rings. The lowest BCUT2D eigenvalue weighted by atomic mass is 10.1. The van der Waals surface area contributed by atoms with Crippen molar-refractivity contribution in [3.63, 3.8) is 0 Å². The van der Waals surface area contributed by atoms with E-state index >= 15 is 0 Å². The highest BCUT2D eigenvalue weighted by atomic mass is 16.5. The van der Waals surface area contributed by atoms with Crippen LogP contribution >= 0.6 is 0 Å². The average molecular weight is 192 g/mol. The molecule has 1 heterocycles. The lowest BCUT2D eigenvalue weighted by Gasteiger charge is -2.02. The van der Waals surface area contributed by atoms with Gasteiger partial charge in [-0.05, 0) is 19.4 Å². The minimum absolute atomic E-state index is 0.382. The number of nitrogens with zero attached hydrogens (tertiary/aromatic N) is 2. The zero-order valence-electron chi connectivity index (χ0n) is 8.44. The molecular formula is C10H12N2O2. The van der Waals surface area contributed by atoms with E-state index in [1.165, 1.54) is 13.2 Å². The predicted molar refractivity (Wildman–Crippen MR) is 52.4 cm³/mol. The van der Waals surface area contributed by atoms with E-state index in [4.69, 9.17) is 0 Å². The molecule has 74 valence electrons. The molecule has 0 spiro atoms. The molecule has 0 saturated carbocycles. The average Bonchev–Trinajstić information content (AvgIpc) is 2.18. The highest BCUT2D eigenvalue weighted by molar-refractivity contribution is 5.90. The number of ether oxygens (including phenoxy) is 1. The van der Waals surface area contributed by atoms with Gasteiger partial charge in [-0.2, -0.15) is 0 Å². The second-order valence-corrected chi connectivity index (χ2v) is 2.84. The molecule has 0 saturated heterocycles. The van der Waals surface area contributed by atoms with Crippen molar-refractivity contribution >= 4 is 11.5 Å². The van der Waals surface area contributed by atoms with Gasteiger partial charge >= 0.3 is 5.97 Å². The van der Waals surface area contributed by atoms with E-state index in [1.807, 2.05) is 6.92 Å². The zero-order valence-corrected chi connectivity index (χ0v) is 8.44. The monoisotopic (exact) mass is 192 g/mol. The third-order valence-electron chi connectivity index (χ3n) is 1.79. The molecule has 0 aliphatic heterocycles. The number of rotatable bonds is 2. The number of aromatic nitrogens is 2. The Morgan fingerprint density at radius 2 is 2.07 bits per heavy atom. The summed E-state index contributed by atoms with van der Waals surface area (Å²) in [7, 11) is 1.34. The van der Waals surface area contributed by atoms with Crippen LogP contribution in [0.2, 0.25) is 0 Å². The first-order chi connectivity index (χ1) is 6.65. The van der Waals surface area contributed by atoms with Gasteiger partial charge in [0.25, 0.3) is 0 Å². The first kappa shape index (κ1) is 10.4. The molecule has 1 aromatic heterocycles. The Morgan fingerprint density at radius 3 is 2.64 bits per heavy atom. The molecule has 0 bridgehead atoms. The smallest absolute Gasteiger partial charge is 0.330 e. The molecule has 0 aliphatic carbocycles. The van der Waals surface area contributed by atoms with Gasteiger partial charge in [-0.1, -0.05) is 0 Å². The molecule has 0 unspecified atom stereocenters. The second kappa shape index (κ2) is 4.50. The summed E-state index contributed by atoms with van der Waals surface area (Å²) in [4.78, 5) is 19.2. The number of carbonyl (C=O) groups is 1. The lowest BCUT2D eigenvalue weighted by Crippen LogP contribution is -1.99. The number of hydrogen-bond donors (Lipinski definition) is 0. The largest absolute Gasteiger partial charge is 0.466 e. The van der Waals surface area contributed by atoms with Crippen molar-refractivity contribution in [3.8, 4) is 0 Å². The molecule has 4 nitrogen and oxygen atoms in total. The van der Waals surface area contributed by atoms with Crippen LogP contribution in [0.3, 0.4) is 0 Å². The van der Waals surface area contributed by atoms with Gasteiger partial charge in [0.1, 0.15) is 0 Å². The van der Waals surface area contributed by atoms with Gasteiger partial charge in [0, 0.05) is 18.5 Å². The van der Waals surface area contributed by atoms with E-state index < -0.39 is 0 Å².